The fourth-order valence-corrected chi connectivity index (χ4v) is 1.70. The number of rotatable bonds is 1. The number of carboxylic acid groups (broad SMARTS) is 1. The first kappa shape index (κ1) is 7.70. The van der Waals surface area contributed by atoms with Crippen molar-refractivity contribution in [1.82, 2.24) is 5.32 Å². The molecule has 0 amide bonds. The summed E-state index contributed by atoms with van der Waals surface area (Å²) in [5, 5.41) is 11.4. The van der Waals surface area contributed by atoms with Crippen molar-refractivity contribution in [3.8, 4) is 0 Å². The minimum Gasteiger partial charge on any atom is -0.481 e. The van der Waals surface area contributed by atoms with E-state index in [1.54, 1.807) is 0 Å². The third kappa shape index (κ3) is 0.804. The lowest BCUT2D eigenvalue weighted by Gasteiger charge is -2.39. The highest BCUT2D eigenvalue weighted by Crippen LogP contribution is 2.36. The van der Waals surface area contributed by atoms with Crippen LogP contribution in [0, 0.1) is 5.92 Å². The van der Waals surface area contributed by atoms with Crippen LogP contribution >= 0.6 is 0 Å². The van der Waals surface area contributed by atoms with Crippen LogP contribution in [0.4, 0.5) is 0 Å². The zero-order valence-electron chi connectivity index (χ0n) is 6.37. The first-order valence-electron chi connectivity index (χ1n) is 3.76. The molecule has 12 heavy (non-hydrogen) atoms. The predicted octanol–water partition coefficient (Wildman–Crippen LogP) is -1.02. The van der Waals surface area contributed by atoms with E-state index in [0.29, 0.717) is 19.8 Å². The van der Waals surface area contributed by atoms with Crippen molar-refractivity contribution in [3.63, 3.8) is 0 Å². The Bertz CT molecular complexity index is 244. The molecule has 66 valence electrons. The molecule has 0 aromatic rings. The Balaban J connectivity index is 2.08. The van der Waals surface area contributed by atoms with E-state index in [1.165, 1.54) is 0 Å². The molecular weight excluding hydrogens is 162 g/mol. The van der Waals surface area contributed by atoms with Gasteiger partial charge in [-0.25, -0.2) is 0 Å². The largest absolute Gasteiger partial charge is 0.481 e. The molecule has 1 spiro atoms. The Morgan fingerprint density at radius 2 is 2.50 bits per heavy atom. The van der Waals surface area contributed by atoms with Crippen molar-refractivity contribution in [3.05, 3.63) is 0 Å². The minimum atomic E-state index is -1.03. The standard InChI is InChI=1S/C7H9NO4/c9-5-4(6(10)11)1-7(5)2-12-3-8-7/h4,8H,1-3H2,(H,10,11). The molecule has 5 heteroatoms. The van der Waals surface area contributed by atoms with Gasteiger partial charge in [0.15, 0.2) is 5.78 Å². The molecule has 1 saturated carbocycles. The van der Waals surface area contributed by atoms with Crippen molar-refractivity contribution in [2.24, 2.45) is 5.92 Å². The summed E-state index contributed by atoms with van der Waals surface area (Å²) >= 11 is 0. The molecule has 1 heterocycles. The maximum Gasteiger partial charge on any atom is 0.314 e. The van der Waals surface area contributed by atoms with Gasteiger partial charge in [0, 0.05) is 0 Å². The van der Waals surface area contributed by atoms with E-state index in [2.05, 4.69) is 5.32 Å². The molecule has 2 atom stereocenters. The van der Waals surface area contributed by atoms with E-state index in [0.717, 1.165) is 0 Å². The number of carbonyl (C=O) groups excluding carboxylic acids is 1. The smallest absolute Gasteiger partial charge is 0.314 e. The summed E-state index contributed by atoms with van der Waals surface area (Å²) in [7, 11) is 0. The zero-order chi connectivity index (χ0) is 8.77. The van der Waals surface area contributed by atoms with Gasteiger partial charge in [-0.1, -0.05) is 0 Å². The van der Waals surface area contributed by atoms with Gasteiger partial charge in [-0.15, -0.1) is 0 Å². The summed E-state index contributed by atoms with van der Waals surface area (Å²) in [6, 6.07) is 0. The Morgan fingerprint density at radius 3 is 2.92 bits per heavy atom. The highest BCUT2D eigenvalue weighted by Gasteiger charge is 2.58. The lowest BCUT2D eigenvalue weighted by Crippen LogP contribution is -2.64. The molecule has 0 bridgehead atoms. The minimum absolute atomic E-state index is 0.243. The number of carbonyl (C=O) groups is 2. The van der Waals surface area contributed by atoms with Crippen molar-refractivity contribution >= 4 is 11.8 Å². The van der Waals surface area contributed by atoms with Crippen LogP contribution in [0.1, 0.15) is 6.42 Å². The maximum absolute atomic E-state index is 11.3. The van der Waals surface area contributed by atoms with Crippen LogP contribution in [0.2, 0.25) is 0 Å². The number of aliphatic carboxylic acids is 1. The number of hydrogen-bond acceptors (Lipinski definition) is 4. The van der Waals surface area contributed by atoms with E-state index >= 15 is 0 Å². The number of ketones is 1. The van der Waals surface area contributed by atoms with Crippen LogP contribution in [0.15, 0.2) is 0 Å². The molecule has 2 fully saturated rings. The number of Topliss-reactive ketones (excluding diaryl/α,β-unsaturated/α-hetero) is 1. The third-order valence-corrected chi connectivity index (χ3v) is 2.50. The normalized spacial score (nSPS) is 40.0. The lowest BCUT2D eigenvalue weighted by molar-refractivity contribution is -0.157. The SMILES string of the molecule is O=C(O)C1CC2(COCN2)C1=O. The Hall–Kier alpha value is -0.940. The first-order valence-corrected chi connectivity index (χ1v) is 3.76. The van der Waals surface area contributed by atoms with Gasteiger partial charge in [0.1, 0.15) is 11.5 Å². The number of carboxylic acids is 1. The van der Waals surface area contributed by atoms with Crippen LogP contribution in [0.3, 0.4) is 0 Å². The fourth-order valence-electron chi connectivity index (χ4n) is 1.70. The Morgan fingerprint density at radius 1 is 1.75 bits per heavy atom. The second-order valence-corrected chi connectivity index (χ2v) is 3.21. The quantitative estimate of drug-likeness (QED) is 0.494. The maximum atomic E-state index is 11.3. The summed E-state index contributed by atoms with van der Waals surface area (Å²) in [5.41, 5.74) is -0.664. The van der Waals surface area contributed by atoms with E-state index in [4.69, 9.17) is 9.84 Å². The number of nitrogens with one attached hydrogen (secondary N) is 1. The first-order chi connectivity index (χ1) is 5.66. The van der Waals surface area contributed by atoms with Crippen LogP contribution in [0.25, 0.3) is 0 Å². The molecule has 0 radical (unpaired) electrons. The average Bonchev–Trinajstić information content (AvgIpc) is 2.49. The number of hydrogen-bond donors (Lipinski definition) is 2. The van der Waals surface area contributed by atoms with Gasteiger partial charge >= 0.3 is 5.97 Å². The van der Waals surface area contributed by atoms with Gasteiger partial charge in [-0.3, -0.25) is 14.9 Å². The predicted molar refractivity (Wildman–Crippen MR) is 37.4 cm³/mol. The topological polar surface area (TPSA) is 75.6 Å². The second-order valence-electron chi connectivity index (χ2n) is 3.21. The summed E-state index contributed by atoms with van der Waals surface area (Å²) in [4.78, 5) is 21.7. The summed E-state index contributed by atoms with van der Waals surface area (Å²) in [6.07, 6.45) is 0.362. The van der Waals surface area contributed by atoms with Gasteiger partial charge in [-0.2, -0.15) is 0 Å². The lowest BCUT2D eigenvalue weighted by atomic mass is 9.67. The van der Waals surface area contributed by atoms with Crippen molar-refractivity contribution in [1.29, 1.82) is 0 Å². The molecule has 1 aliphatic heterocycles. The fraction of sp³-hybridized carbons (Fsp3) is 0.714. The highest BCUT2D eigenvalue weighted by atomic mass is 16.5. The molecular formula is C7H9NO4. The number of ether oxygens (including phenoxy) is 1. The monoisotopic (exact) mass is 171 g/mol. The van der Waals surface area contributed by atoms with Gasteiger partial charge < -0.3 is 9.84 Å². The van der Waals surface area contributed by atoms with Crippen LogP contribution in [-0.2, 0) is 14.3 Å². The van der Waals surface area contributed by atoms with Gasteiger partial charge in [0.25, 0.3) is 0 Å². The van der Waals surface area contributed by atoms with Crippen LogP contribution in [-0.4, -0.2) is 35.7 Å². The van der Waals surface area contributed by atoms with Crippen LogP contribution in [0.5, 0.6) is 0 Å². The van der Waals surface area contributed by atoms with Gasteiger partial charge in [0.2, 0.25) is 0 Å². The molecule has 2 aliphatic rings. The van der Waals surface area contributed by atoms with E-state index < -0.39 is 17.4 Å². The molecule has 1 aliphatic carbocycles. The summed E-state index contributed by atoms with van der Waals surface area (Å²) < 4.78 is 4.98. The van der Waals surface area contributed by atoms with Crippen LogP contribution < -0.4 is 5.32 Å². The molecule has 2 unspecified atom stereocenters. The zero-order valence-corrected chi connectivity index (χ0v) is 6.37. The van der Waals surface area contributed by atoms with Gasteiger partial charge in [-0.05, 0) is 6.42 Å². The van der Waals surface area contributed by atoms with Gasteiger partial charge in [0.05, 0.1) is 13.3 Å². The highest BCUT2D eigenvalue weighted by molar-refractivity contribution is 6.09. The van der Waals surface area contributed by atoms with Crippen molar-refractivity contribution in [2.45, 2.75) is 12.0 Å². The average molecular weight is 171 g/mol. The molecule has 0 aromatic carbocycles. The summed E-state index contributed by atoms with van der Waals surface area (Å²) in [6.45, 7) is 0.660. The Labute approximate surface area is 68.7 Å². The molecule has 1 saturated heterocycles. The molecule has 2 N–H and O–H groups in total. The van der Waals surface area contributed by atoms with E-state index in [-0.39, 0.29) is 5.78 Å². The van der Waals surface area contributed by atoms with Crippen molar-refractivity contribution in [2.75, 3.05) is 13.3 Å². The molecule has 5 nitrogen and oxygen atoms in total. The summed E-state index contributed by atoms with van der Waals surface area (Å²) in [5.74, 6) is -2.09. The van der Waals surface area contributed by atoms with E-state index in [9.17, 15) is 9.59 Å². The molecule has 2 rings (SSSR count). The van der Waals surface area contributed by atoms with E-state index in [1.807, 2.05) is 0 Å². The second kappa shape index (κ2) is 2.27. The molecule has 0 aromatic heterocycles. The van der Waals surface area contributed by atoms with Crippen molar-refractivity contribution < 1.29 is 19.4 Å². The Kier molecular flexibility index (Phi) is 1.46. The third-order valence-electron chi connectivity index (χ3n) is 2.50.